The average molecular weight is 216 g/mol. The van der Waals surface area contributed by atoms with Crippen molar-refractivity contribution in [1.29, 1.82) is 0 Å². The van der Waals surface area contributed by atoms with E-state index in [1.807, 2.05) is 14.0 Å². The lowest BCUT2D eigenvalue weighted by molar-refractivity contribution is -0.149. The molecule has 0 spiro atoms. The number of likely N-dealkylation sites (N-methyl/N-ethyl adjacent to an activating group) is 1. The predicted octanol–water partition coefficient (Wildman–Crippen LogP) is -0.532. The maximum atomic E-state index is 11.4. The predicted molar refractivity (Wildman–Crippen MR) is 56.7 cm³/mol. The van der Waals surface area contributed by atoms with Crippen molar-refractivity contribution in [2.75, 3.05) is 40.4 Å². The number of morpholine rings is 1. The van der Waals surface area contributed by atoms with Gasteiger partial charge in [0.25, 0.3) is 0 Å². The molecule has 0 aromatic carbocycles. The van der Waals surface area contributed by atoms with Gasteiger partial charge in [-0.1, -0.05) is 0 Å². The van der Waals surface area contributed by atoms with Gasteiger partial charge in [0, 0.05) is 19.6 Å². The van der Waals surface area contributed by atoms with E-state index < -0.39 is 0 Å². The number of hydrogen-bond donors (Lipinski definition) is 1. The van der Waals surface area contributed by atoms with Crippen LogP contribution in [0.2, 0.25) is 0 Å². The second kappa shape index (κ2) is 6.05. The topological polar surface area (TPSA) is 50.8 Å². The van der Waals surface area contributed by atoms with Crippen molar-refractivity contribution >= 4 is 5.97 Å². The molecule has 0 radical (unpaired) electrons. The largest absolute Gasteiger partial charge is 0.468 e. The second-order valence-electron chi connectivity index (χ2n) is 3.74. The SMILES string of the molecule is CNCC1CN(C(C)C(=O)OC)CCO1. The summed E-state index contributed by atoms with van der Waals surface area (Å²) in [6, 6.07) is -0.182. The van der Waals surface area contributed by atoms with Gasteiger partial charge < -0.3 is 14.8 Å². The quantitative estimate of drug-likeness (QED) is 0.640. The fourth-order valence-electron chi connectivity index (χ4n) is 1.76. The van der Waals surface area contributed by atoms with E-state index in [4.69, 9.17) is 9.47 Å². The average Bonchev–Trinajstić information content (AvgIpc) is 2.28. The molecule has 0 bridgehead atoms. The summed E-state index contributed by atoms with van der Waals surface area (Å²) >= 11 is 0. The van der Waals surface area contributed by atoms with E-state index in [2.05, 4.69) is 10.2 Å². The number of esters is 1. The van der Waals surface area contributed by atoms with Crippen LogP contribution >= 0.6 is 0 Å². The molecule has 15 heavy (non-hydrogen) atoms. The molecule has 88 valence electrons. The third kappa shape index (κ3) is 3.44. The maximum Gasteiger partial charge on any atom is 0.322 e. The normalized spacial score (nSPS) is 24.9. The van der Waals surface area contributed by atoms with Gasteiger partial charge in [-0.05, 0) is 14.0 Å². The Morgan fingerprint density at radius 2 is 2.47 bits per heavy atom. The molecule has 2 atom stereocenters. The van der Waals surface area contributed by atoms with Crippen LogP contribution in [-0.4, -0.2) is 63.4 Å². The highest BCUT2D eigenvalue weighted by molar-refractivity contribution is 5.75. The molecular formula is C10H20N2O3. The zero-order chi connectivity index (χ0) is 11.3. The molecule has 1 fully saturated rings. The van der Waals surface area contributed by atoms with Crippen LogP contribution in [-0.2, 0) is 14.3 Å². The highest BCUT2D eigenvalue weighted by Crippen LogP contribution is 2.09. The van der Waals surface area contributed by atoms with Crippen LogP contribution < -0.4 is 5.32 Å². The minimum atomic E-state index is -0.182. The molecule has 5 heteroatoms. The van der Waals surface area contributed by atoms with Gasteiger partial charge in [-0.25, -0.2) is 0 Å². The van der Waals surface area contributed by atoms with E-state index in [0.29, 0.717) is 6.61 Å². The monoisotopic (exact) mass is 216 g/mol. The molecule has 0 aromatic rings. The fourth-order valence-corrected chi connectivity index (χ4v) is 1.76. The number of hydrogen-bond acceptors (Lipinski definition) is 5. The smallest absolute Gasteiger partial charge is 0.322 e. The summed E-state index contributed by atoms with van der Waals surface area (Å²) in [5.74, 6) is -0.180. The number of rotatable bonds is 4. The number of nitrogens with zero attached hydrogens (tertiary/aromatic N) is 1. The molecule has 0 aliphatic carbocycles. The van der Waals surface area contributed by atoms with Crippen molar-refractivity contribution in [3.8, 4) is 0 Å². The van der Waals surface area contributed by atoms with Crippen molar-refractivity contribution in [1.82, 2.24) is 10.2 Å². The van der Waals surface area contributed by atoms with Gasteiger partial charge >= 0.3 is 5.97 Å². The minimum absolute atomic E-state index is 0.163. The van der Waals surface area contributed by atoms with E-state index >= 15 is 0 Å². The van der Waals surface area contributed by atoms with Crippen LogP contribution in [0.15, 0.2) is 0 Å². The van der Waals surface area contributed by atoms with Crippen LogP contribution in [0.5, 0.6) is 0 Å². The molecular weight excluding hydrogens is 196 g/mol. The molecule has 5 nitrogen and oxygen atoms in total. The molecule has 1 N–H and O–H groups in total. The van der Waals surface area contributed by atoms with Gasteiger partial charge in [0.15, 0.2) is 0 Å². The lowest BCUT2D eigenvalue weighted by Gasteiger charge is -2.35. The molecule has 1 saturated heterocycles. The molecule has 0 aromatic heterocycles. The summed E-state index contributed by atoms with van der Waals surface area (Å²) in [5.41, 5.74) is 0. The summed E-state index contributed by atoms with van der Waals surface area (Å²) < 4.78 is 10.3. The maximum absolute atomic E-state index is 11.4. The number of ether oxygens (including phenoxy) is 2. The Bertz CT molecular complexity index is 209. The lowest BCUT2D eigenvalue weighted by Crippen LogP contribution is -2.51. The zero-order valence-corrected chi connectivity index (χ0v) is 9.66. The number of methoxy groups -OCH3 is 1. The van der Waals surface area contributed by atoms with Crippen LogP contribution in [0.4, 0.5) is 0 Å². The first-order chi connectivity index (χ1) is 7.19. The van der Waals surface area contributed by atoms with Crippen LogP contribution in [0.25, 0.3) is 0 Å². The zero-order valence-electron chi connectivity index (χ0n) is 9.66. The number of carbonyl (C=O) groups excluding carboxylic acids is 1. The second-order valence-corrected chi connectivity index (χ2v) is 3.74. The van der Waals surface area contributed by atoms with Crippen LogP contribution in [0, 0.1) is 0 Å². The first-order valence-corrected chi connectivity index (χ1v) is 5.27. The Hall–Kier alpha value is -0.650. The molecule has 1 rings (SSSR count). The Labute approximate surface area is 90.7 Å². The first kappa shape index (κ1) is 12.4. The Morgan fingerprint density at radius 3 is 3.07 bits per heavy atom. The lowest BCUT2D eigenvalue weighted by atomic mass is 10.2. The number of carbonyl (C=O) groups is 1. The van der Waals surface area contributed by atoms with Gasteiger partial charge in [-0.15, -0.1) is 0 Å². The Kier molecular flexibility index (Phi) is 5.01. The summed E-state index contributed by atoms with van der Waals surface area (Å²) in [6.07, 6.45) is 0.163. The summed E-state index contributed by atoms with van der Waals surface area (Å²) in [7, 11) is 3.32. The molecule has 1 heterocycles. The first-order valence-electron chi connectivity index (χ1n) is 5.27. The van der Waals surface area contributed by atoms with Crippen molar-refractivity contribution in [3.05, 3.63) is 0 Å². The minimum Gasteiger partial charge on any atom is -0.468 e. The van der Waals surface area contributed by atoms with Crippen molar-refractivity contribution in [3.63, 3.8) is 0 Å². The van der Waals surface area contributed by atoms with Gasteiger partial charge in [0.05, 0.1) is 19.8 Å². The molecule has 2 unspecified atom stereocenters. The van der Waals surface area contributed by atoms with Gasteiger partial charge in [0.1, 0.15) is 6.04 Å². The molecule has 0 saturated carbocycles. The van der Waals surface area contributed by atoms with E-state index in [1.54, 1.807) is 0 Å². The molecule has 0 amide bonds. The van der Waals surface area contributed by atoms with E-state index in [0.717, 1.165) is 19.6 Å². The van der Waals surface area contributed by atoms with Crippen molar-refractivity contribution in [2.45, 2.75) is 19.1 Å². The standard InChI is InChI=1S/C10H20N2O3/c1-8(10(13)14-3)12-4-5-15-9(7-12)6-11-2/h8-9,11H,4-7H2,1-3H3. The van der Waals surface area contributed by atoms with E-state index in [1.165, 1.54) is 7.11 Å². The van der Waals surface area contributed by atoms with E-state index in [-0.39, 0.29) is 18.1 Å². The van der Waals surface area contributed by atoms with Gasteiger partial charge in [-0.2, -0.15) is 0 Å². The fraction of sp³-hybridized carbons (Fsp3) is 0.900. The Balaban J connectivity index is 2.44. The molecule has 1 aliphatic heterocycles. The highest BCUT2D eigenvalue weighted by atomic mass is 16.5. The van der Waals surface area contributed by atoms with Crippen LogP contribution in [0.3, 0.4) is 0 Å². The summed E-state index contributed by atoms with van der Waals surface area (Å²) in [5, 5.41) is 3.07. The summed E-state index contributed by atoms with van der Waals surface area (Å²) in [4.78, 5) is 13.4. The highest BCUT2D eigenvalue weighted by Gasteiger charge is 2.27. The van der Waals surface area contributed by atoms with Gasteiger partial charge in [-0.3, -0.25) is 9.69 Å². The summed E-state index contributed by atoms with van der Waals surface area (Å²) in [6.45, 7) is 4.92. The van der Waals surface area contributed by atoms with E-state index in [9.17, 15) is 4.79 Å². The third-order valence-electron chi connectivity index (χ3n) is 2.69. The van der Waals surface area contributed by atoms with Crippen molar-refractivity contribution in [2.24, 2.45) is 0 Å². The Morgan fingerprint density at radius 1 is 1.73 bits per heavy atom. The number of nitrogens with one attached hydrogen (secondary N) is 1. The van der Waals surface area contributed by atoms with Gasteiger partial charge in [0.2, 0.25) is 0 Å². The molecule has 1 aliphatic rings. The van der Waals surface area contributed by atoms with Crippen molar-refractivity contribution < 1.29 is 14.3 Å². The third-order valence-corrected chi connectivity index (χ3v) is 2.69. The van der Waals surface area contributed by atoms with Crippen LogP contribution in [0.1, 0.15) is 6.92 Å².